The number of sulfone groups is 1. The van der Waals surface area contributed by atoms with Gasteiger partial charge in [0.05, 0.1) is 16.6 Å². The van der Waals surface area contributed by atoms with Crippen LogP contribution < -0.4 is 5.32 Å². The molecule has 1 rings (SSSR count). The van der Waals surface area contributed by atoms with Gasteiger partial charge in [0.2, 0.25) is 0 Å². The molecule has 5 heteroatoms. The normalized spacial score (nSPS) is 26.6. The van der Waals surface area contributed by atoms with Crippen LogP contribution in [-0.2, 0) is 9.84 Å². The first kappa shape index (κ1) is 11.9. The molecular weight excluding hydrogens is 202 g/mol. The summed E-state index contributed by atoms with van der Waals surface area (Å²) in [4.78, 5) is 0. The topological polar surface area (TPSA) is 66.4 Å². The van der Waals surface area contributed by atoms with Crippen LogP contribution in [0.3, 0.4) is 0 Å². The van der Waals surface area contributed by atoms with Crippen LogP contribution in [0, 0.1) is 0 Å². The molecule has 0 radical (unpaired) electrons. The molecule has 84 valence electrons. The van der Waals surface area contributed by atoms with Crippen molar-refractivity contribution in [3.05, 3.63) is 0 Å². The maximum Gasteiger partial charge on any atom is 0.154 e. The van der Waals surface area contributed by atoms with E-state index in [1.807, 2.05) is 0 Å². The Morgan fingerprint density at radius 1 is 1.50 bits per heavy atom. The van der Waals surface area contributed by atoms with Gasteiger partial charge in [-0.3, -0.25) is 0 Å². The minimum absolute atomic E-state index is 0.246. The third-order valence-corrected chi connectivity index (χ3v) is 4.67. The molecule has 14 heavy (non-hydrogen) atoms. The van der Waals surface area contributed by atoms with Gasteiger partial charge in [-0.15, -0.1) is 0 Å². The van der Waals surface area contributed by atoms with Crippen LogP contribution >= 0.6 is 0 Å². The SMILES string of the molecule is CC(C)(O)CNCC1CCCS1(=O)=O. The van der Waals surface area contributed by atoms with E-state index in [9.17, 15) is 13.5 Å². The van der Waals surface area contributed by atoms with Gasteiger partial charge in [-0.1, -0.05) is 0 Å². The Morgan fingerprint density at radius 2 is 2.14 bits per heavy atom. The molecule has 0 aromatic carbocycles. The maximum atomic E-state index is 11.4. The number of nitrogens with one attached hydrogen (secondary N) is 1. The van der Waals surface area contributed by atoms with Crippen molar-refractivity contribution in [3.63, 3.8) is 0 Å². The average molecular weight is 221 g/mol. The molecule has 0 aromatic rings. The number of hydrogen-bond donors (Lipinski definition) is 2. The minimum atomic E-state index is -2.85. The predicted octanol–water partition coefficient (Wildman–Crippen LogP) is -0.0759. The lowest BCUT2D eigenvalue weighted by Crippen LogP contribution is -2.39. The second-order valence-corrected chi connectivity index (χ2v) is 6.98. The summed E-state index contributed by atoms with van der Waals surface area (Å²) in [6.07, 6.45) is 1.53. The van der Waals surface area contributed by atoms with E-state index in [0.29, 0.717) is 18.8 Å². The van der Waals surface area contributed by atoms with Crippen molar-refractivity contribution in [2.24, 2.45) is 0 Å². The Balaban J connectivity index is 2.33. The molecular formula is C9H19NO3S. The lowest BCUT2D eigenvalue weighted by molar-refractivity contribution is 0.0800. The Labute approximate surface area is 85.6 Å². The van der Waals surface area contributed by atoms with E-state index in [-0.39, 0.29) is 5.25 Å². The fourth-order valence-electron chi connectivity index (χ4n) is 1.63. The lowest BCUT2D eigenvalue weighted by atomic mass is 10.1. The van der Waals surface area contributed by atoms with Crippen molar-refractivity contribution in [3.8, 4) is 0 Å². The van der Waals surface area contributed by atoms with Gasteiger partial charge in [0, 0.05) is 13.1 Å². The molecule has 1 heterocycles. The summed E-state index contributed by atoms with van der Waals surface area (Å²) >= 11 is 0. The first-order valence-corrected chi connectivity index (χ1v) is 6.67. The fraction of sp³-hybridized carbons (Fsp3) is 1.00. The van der Waals surface area contributed by atoms with Gasteiger partial charge in [-0.2, -0.15) is 0 Å². The smallest absolute Gasteiger partial charge is 0.154 e. The molecule has 1 saturated heterocycles. The first-order valence-electron chi connectivity index (χ1n) is 4.96. The van der Waals surface area contributed by atoms with E-state index in [4.69, 9.17) is 0 Å². The van der Waals surface area contributed by atoms with Crippen LogP contribution in [0.15, 0.2) is 0 Å². The van der Waals surface area contributed by atoms with Crippen molar-refractivity contribution >= 4 is 9.84 Å². The van der Waals surface area contributed by atoms with E-state index < -0.39 is 15.4 Å². The van der Waals surface area contributed by atoms with E-state index in [1.54, 1.807) is 13.8 Å². The Bertz CT molecular complexity index is 279. The molecule has 1 atom stereocenters. The molecule has 4 nitrogen and oxygen atoms in total. The summed E-state index contributed by atoms with van der Waals surface area (Å²) in [6.45, 7) is 4.29. The molecule has 0 saturated carbocycles. The second-order valence-electron chi connectivity index (χ2n) is 4.57. The zero-order valence-corrected chi connectivity index (χ0v) is 9.60. The van der Waals surface area contributed by atoms with E-state index in [2.05, 4.69) is 5.32 Å². The molecule has 1 fully saturated rings. The minimum Gasteiger partial charge on any atom is -0.389 e. The molecule has 0 aromatic heterocycles. The van der Waals surface area contributed by atoms with Crippen molar-refractivity contribution in [1.29, 1.82) is 0 Å². The van der Waals surface area contributed by atoms with Gasteiger partial charge < -0.3 is 10.4 Å². The number of aliphatic hydroxyl groups is 1. The summed E-state index contributed by atoms with van der Waals surface area (Å²) in [5, 5.41) is 12.2. The summed E-state index contributed by atoms with van der Waals surface area (Å²) in [5.74, 6) is 0.321. The molecule has 1 aliphatic rings. The summed E-state index contributed by atoms with van der Waals surface area (Å²) in [7, 11) is -2.85. The molecule has 0 amide bonds. The van der Waals surface area contributed by atoms with E-state index in [1.165, 1.54) is 0 Å². The van der Waals surface area contributed by atoms with Gasteiger partial charge in [-0.05, 0) is 26.7 Å². The fourth-order valence-corrected chi connectivity index (χ4v) is 3.43. The standard InChI is InChI=1S/C9H19NO3S/c1-9(2,11)7-10-6-8-4-3-5-14(8,12)13/h8,10-11H,3-7H2,1-2H3. The average Bonchev–Trinajstić information content (AvgIpc) is 2.28. The summed E-state index contributed by atoms with van der Waals surface area (Å²) in [5.41, 5.74) is -0.775. The molecule has 0 bridgehead atoms. The first-order chi connectivity index (χ1) is 6.31. The van der Waals surface area contributed by atoms with Crippen LogP contribution in [0.2, 0.25) is 0 Å². The highest BCUT2D eigenvalue weighted by Crippen LogP contribution is 2.19. The van der Waals surface area contributed by atoms with E-state index >= 15 is 0 Å². The summed E-state index contributed by atoms with van der Waals surface area (Å²) < 4.78 is 22.8. The maximum absolute atomic E-state index is 11.4. The molecule has 0 spiro atoms. The second kappa shape index (κ2) is 4.16. The highest BCUT2D eigenvalue weighted by molar-refractivity contribution is 7.92. The third kappa shape index (κ3) is 3.55. The van der Waals surface area contributed by atoms with Crippen LogP contribution in [0.1, 0.15) is 26.7 Å². The van der Waals surface area contributed by atoms with Gasteiger partial charge >= 0.3 is 0 Å². The third-order valence-electron chi connectivity index (χ3n) is 2.39. The summed E-state index contributed by atoms with van der Waals surface area (Å²) in [6, 6.07) is 0. The van der Waals surface area contributed by atoms with E-state index in [0.717, 1.165) is 12.8 Å². The van der Waals surface area contributed by atoms with Crippen LogP contribution in [0.5, 0.6) is 0 Å². The largest absolute Gasteiger partial charge is 0.389 e. The molecule has 0 aliphatic carbocycles. The monoisotopic (exact) mass is 221 g/mol. The predicted molar refractivity (Wildman–Crippen MR) is 56.0 cm³/mol. The van der Waals surface area contributed by atoms with Gasteiger partial charge in [0.1, 0.15) is 0 Å². The van der Waals surface area contributed by atoms with Gasteiger partial charge in [0.25, 0.3) is 0 Å². The van der Waals surface area contributed by atoms with Crippen molar-refractivity contribution in [2.75, 3.05) is 18.8 Å². The zero-order valence-electron chi connectivity index (χ0n) is 8.78. The number of rotatable bonds is 4. The van der Waals surface area contributed by atoms with Crippen LogP contribution in [0.25, 0.3) is 0 Å². The molecule has 2 N–H and O–H groups in total. The Kier molecular flexibility index (Phi) is 3.55. The van der Waals surface area contributed by atoms with Gasteiger partial charge in [0.15, 0.2) is 9.84 Å². The highest BCUT2D eigenvalue weighted by Gasteiger charge is 2.30. The molecule has 1 aliphatic heterocycles. The Hall–Kier alpha value is -0.130. The lowest BCUT2D eigenvalue weighted by Gasteiger charge is -2.19. The van der Waals surface area contributed by atoms with Crippen molar-refractivity contribution < 1.29 is 13.5 Å². The van der Waals surface area contributed by atoms with Crippen LogP contribution in [0.4, 0.5) is 0 Å². The number of hydrogen-bond acceptors (Lipinski definition) is 4. The quantitative estimate of drug-likeness (QED) is 0.697. The van der Waals surface area contributed by atoms with Crippen molar-refractivity contribution in [2.45, 2.75) is 37.5 Å². The van der Waals surface area contributed by atoms with Crippen LogP contribution in [-0.4, -0.2) is 43.2 Å². The zero-order chi connectivity index (χ0) is 10.8. The van der Waals surface area contributed by atoms with Gasteiger partial charge in [-0.25, -0.2) is 8.42 Å². The highest BCUT2D eigenvalue weighted by atomic mass is 32.2. The Morgan fingerprint density at radius 3 is 2.57 bits per heavy atom. The molecule has 1 unspecified atom stereocenters. The van der Waals surface area contributed by atoms with Crippen molar-refractivity contribution in [1.82, 2.24) is 5.32 Å².